The third-order valence-electron chi connectivity index (χ3n) is 17.0. The molecule has 0 amide bonds. The first-order valence-electron chi connectivity index (χ1n) is 25.9. The molecule has 23 nitrogen and oxygen atoms in total. The highest BCUT2D eigenvalue weighted by Gasteiger charge is 2.57. The van der Waals surface area contributed by atoms with E-state index in [1.165, 1.54) is 31.5 Å². The van der Waals surface area contributed by atoms with Crippen molar-refractivity contribution in [2.75, 3.05) is 52.0 Å². The van der Waals surface area contributed by atoms with Gasteiger partial charge in [-0.15, -0.1) is 6.42 Å². The van der Waals surface area contributed by atoms with Crippen LogP contribution in [0.4, 0.5) is 10.2 Å². The van der Waals surface area contributed by atoms with Gasteiger partial charge in [0.05, 0.1) is 109 Å². The fourth-order valence-corrected chi connectivity index (χ4v) is 12.4. The third kappa shape index (κ3) is 9.55. The van der Waals surface area contributed by atoms with E-state index in [-0.39, 0.29) is 125 Å². The Hall–Kier alpha value is -7.73. The van der Waals surface area contributed by atoms with E-state index in [1.807, 2.05) is 39.8 Å². The molecule has 0 spiro atoms. The molecule has 81 heavy (non-hydrogen) atoms. The molecule has 8 aromatic heterocycles. The van der Waals surface area contributed by atoms with Gasteiger partial charge in [0.1, 0.15) is 53.5 Å². The summed E-state index contributed by atoms with van der Waals surface area (Å²) >= 11 is 0. The molecular formula is C57H70FN15O8. The number of aliphatic hydroxyl groups is 8. The summed E-state index contributed by atoms with van der Waals surface area (Å²) in [6.45, 7) is 22.8. The number of fused-ring (bicyclic) bond motifs is 4. The number of imidazole rings is 2. The minimum atomic E-state index is -0.877. The van der Waals surface area contributed by atoms with E-state index in [2.05, 4.69) is 82.1 Å². The van der Waals surface area contributed by atoms with E-state index in [0.29, 0.717) is 39.3 Å². The van der Waals surface area contributed by atoms with Crippen molar-refractivity contribution in [2.45, 2.75) is 65.4 Å². The van der Waals surface area contributed by atoms with E-state index >= 15 is 0 Å². The number of nitrogens with zero attached hydrogens (tertiary/aromatic N) is 14. The van der Waals surface area contributed by atoms with Gasteiger partial charge < -0.3 is 64.9 Å². The number of terminal acetylenes is 1. The molecule has 8 heterocycles. The van der Waals surface area contributed by atoms with E-state index < -0.39 is 11.5 Å². The first-order valence-corrected chi connectivity index (χ1v) is 25.9. The van der Waals surface area contributed by atoms with E-state index in [4.69, 9.17) is 12.2 Å². The molecule has 428 valence electrons. The standard InChI is InChI=1S/C15H16N4O2.C14H16FN3O2.C14H18N4O2.C13H16N4O2.CH4/c1-4-15(6-21)9(2)13(11(15)5-20)19-8-18-12-10(3)16-7-17-14(12)19;1-7-9(4-19)10(5-20)13(7)18-3-11(15)12-8(2)16-6-17-14(12)18;1-7-10(4-19)11(9(3)20)13(7)18-6-17-12-8(2)15-5-16-14(12)18;1-7-9(4-18)10(5-19)11(7)17-3-2-8-12(14)15-6-16-13(8)17;/h1,7-8,11,13,20-21H,2,5-6H2,3H3;3,6,9-10,13,19-20H,1,4-5H2,2H3;5-6,9-11,13,19-20H,1,4H2,2-3H3;2-3,6,9-11,18-19H,1,4-5H2,(H2,14,15,16);1H4/t11-,13+,15-;9-,10+,13+;9?,10-,11+,13+;9-,10+,11+;/m0000./s1. The lowest BCUT2D eigenvalue weighted by Gasteiger charge is -2.53. The third-order valence-corrected chi connectivity index (χ3v) is 17.0. The number of aryl methyl sites for hydroxylation is 3. The van der Waals surface area contributed by atoms with Crippen molar-refractivity contribution in [3.05, 3.63) is 128 Å². The zero-order valence-electron chi connectivity index (χ0n) is 44.8. The summed E-state index contributed by atoms with van der Waals surface area (Å²) in [5.41, 5.74) is 14.6. The fraction of sp³-hybridized carbons (Fsp3) is 0.439. The van der Waals surface area contributed by atoms with Crippen LogP contribution in [0.5, 0.6) is 0 Å². The largest absolute Gasteiger partial charge is 0.396 e. The van der Waals surface area contributed by atoms with Gasteiger partial charge in [0.15, 0.2) is 17.1 Å². The summed E-state index contributed by atoms with van der Waals surface area (Å²) in [6, 6.07) is 1.27. The second-order valence-electron chi connectivity index (χ2n) is 20.8. The van der Waals surface area contributed by atoms with Crippen LogP contribution in [-0.4, -0.2) is 161 Å². The zero-order chi connectivity index (χ0) is 57.6. The predicted octanol–water partition coefficient (Wildman–Crippen LogP) is 3.50. The van der Waals surface area contributed by atoms with Gasteiger partial charge in [-0.25, -0.2) is 54.2 Å². The van der Waals surface area contributed by atoms with Gasteiger partial charge in [0.25, 0.3) is 0 Å². The van der Waals surface area contributed by atoms with Crippen LogP contribution in [0.15, 0.2) is 105 Å². The van der Waals surface area contributed by atoms with Gasteiger partial charge >= 0.3 is 0 Å². The Labute approximate surface area is 466 Å². The summed E-state index contributed by atoms with van der Waals surface area (Å²) < 4.78 is 21.5. The quantitative estimate of drug-likeness (QED) is 0.0624. The molecular weight excluding hydrogens is 1040 g/mol. The first kappa shape index (κ1) is 59.4. The fourth-order valence-electron chi connectivity index (χ4n) is 12.4. The molecule has 0 radical (unpaired) electrons. The number of anilines is 1. The lowest BCUT2D eigenvalue weighted by molar-refractivity contribution is 0.00234. The smallest absolute Gasteiger partial charge is 0.164 e. The first-order chi connectivity index (χ1) is 38.4. The van der Waals surface area contributed by atoms with Crippen LogP contribution in [0.25, 0.3) is 44.4 Å². The maximum Gasteiger partial charge on any atom is 0.164 e. The van der Waals surface area contributed by atoms with Crippen molar-refractivity contribution in [3.63, 3.8) is 0 Å². The summed E-state index contributed by atoms with van der Waals surface area (Å²) in [5, 5.41) is 77.4. The molecule has 0 saturated heterocycles. The molecule has 1 unspecified atom stereocenters. The molecule has 13 atom stereocenters. The number of aliphatic hydroxyl groups excluding tert-OH is 8. The number of nitrogens with two attached hydrogens (primary N) is 1. The van der Waals surface area contributed by atoms with Crippen LogP contribution in [0.1, 0.15) is 55.6 Å². The van der Waals surface area contributed by atoms with Gasteiger partial charge in [-0.2, -0.15) is 0 Å². The molecule has 4 aliphatic carbocycles. The summed E-state index contributed by atoms with van der Waals surface area (Å²) in [5.74, 6) is 1.80. The average molecular weight is 1110 g/mol. The Kier molecular flexibility index (Phi) is 17.4. The highest BCUT2D eigenvalue weighted by molar-refractivity contribution is 5.86. The van der Waals surface area contributed by atoms with E-state index in [0.717, 1.165) is 50.3 Å². The molecule has 4 fully saturated rings. The van der Waals surface area contributed by atoms with Crippen LogP contribution < -0.4 is 5.73 Å². The Morgan fingerprint density at radius 3 is 1.59 bits per heavy atom. The highest BCUT2D eigenvalue weighted by Crippen LogP contribution is 2.57. The molecule has 0 aromatic carbocycles. The monoisotopic (exact) mass is 1110 g/mol. The van der Waals surface area contributed by atoms with Gasteiger partial charge in [-0.1, -0.05) is 39.7 Å². The molecule has 12 rings (SSSR count). The molecule has 0 aliphatic heterocycles. The Bertz CT molecular complexity index is 3700. The second kappa shape index (κ2) is 23.8. The molecule has 0 bridgehead atoms. The van der Waals surface area contributed by atoms with Crippen molar-refractivity contribution in [1.29, 1.82) is 0 Å². The lowest BCUT2D eigenvalue weighted by atomic mass is 9.54. The van der Waals surface area contributed by atoms with Gasteiger partial charge in [-0.3, -0.25) is 0 Å². The van der Waals surface area contributed by atoms with Crippen molar-refractivity contribution >= 4 is 50.2 Å². The maximum absolute atomic E-state index is 14.1. The SMILES string of the molecule is C.C#C[C@]1(CO)C(=C)[C@@H](n2cnc3c(C)ncnc32)[C@@H]1CO.C=C1[C@@H](n2cc(F)c3c(C)ncnc32)[C@H](CO)[C@H]1CO.C=C1[C@@H](n2ccc3c(N)ncnc32)[C@H](CO)[C@H]1CO.C=C1[C@@H](n2cnc3c(C)ncnc32)[C@H](C(C)O)[C@H]1CO. The van der Waals surface area contributed by atoms with Crippen LogP contribution in [0.3, 0.4) is 0 Å². The molecule has 10 N–H and O–H groups in total. The average Bonchev–Trinajstić information content (AvgIpc) is 3.06. The van der Waals surface area contributed by atoms with Crippen LogP contribution in [-0.2, 0) is 0 Å². The maximum atomic E-state index is 14.1. The number of rotatable bonds is 12. The van der Waals surface area contributed by atoms with Gasteiger partial charge in [0, 0.05) is 67.0 Å². The van der Waals surface area contributed by atoms with Crippen molar-refractivity contribution in [2.24, 2.45) is 46.8 Å². The molecule has 4 aliphatic rings. The Balaban J connectivity index is 0.000000141. The number of nitrogen functional groups attached to an aromatic ring is 1. The zero-order valence-corrected chi connectivity index (χ0v) is 44.8. The van der Waals surface area contributed by atoms with Crippen molar-refractivity contribution in [3.8, 4) is 12.3 Å². The topological polar surface area (TPSA) is 336 Å². The number of hydrogen-bond donors (Lipinski definition) is 9. The van der Waals surface area contributed by atoms with Crippen LogP contribution in [0, 0.1) is 85.8 Å². The van der Waals surface area contributed by atoms with E-state index in [1.54, 1.807) is 31.1 Å². The summed E-state index contributed by atoms with van der Waals surface area (Å²) in [7, 11) is 0. The highest BCUT2D eigenvalue weighted by atomic mass is 19.1. The van der Waals surface area contributed by atoms with Crippen molar-refractivity contribution < 1.29 is 45.2 Å². The Morgan fingerprint density at radius 1 is 0.617 bits per heavy atom. The molecule has 24 heteroatoms. The summed E-state index contributed by atoms with van der Waals surface area (Å²) in [4.78, 5) is 41.8. The van der Waals surface area contributed by atoms with Gasteiger partial charge in [0.2, 0.25) is 0 Å². The number of aromatic nitrogens is 14. The van der Waals surface area contributed by atoms with Crippen molar-refractivity contribution in [1.82, 2.24) is 68.1 Å². The number of hydrogen-bond acceptors (Lipinski definition) is 19. The predicted molar refractivity (Wildman–Crippen MR) is 301 cm³/mol. The lowest BCUT2D eigenvalue weighted by Crippen LogP contribution is -2.54. The number of halogens is 1. The van der Waals surface area contributed by atoms with Gasteiger partial charge in [-0.05, 0) is 56.1 Å². The molecule has 4 saturated carbocycles. The van der Waals surface area contributed by atoms with Crippen LogP contribution >= 0.6 is 0 Å². The Morgan fingerprint density at radius 2 is 1.10 bits per heavy atom. The summed E-state index contributed by atoms with van der Waals surface area (Å²) in [6.07, 6.45) is 17.5. The molecule has 8 aromatic rings. The normalized spacial score (nSPS) is 26.8. The van der Waals surface area contributed by atoms with E-state index in [9.17, 15) is 45.2 Å². The second-order valence-corrected chi connectivity index (χ2v) is 20.8. The minimum Gasteiger partial charge on any atom is -0.396 e. The minimum absolute atomic E-state index is 0. The van der Waals surface area contributed by atoms with Crippen LogP contribution in [0.2, 0.25) is 0 Å².